The largest absolute Gasteiger partial charge is 0.359 e. The van der Waals surface area contributed by atoms with Crippen molar-refractivity contribution in [1.29, 1.82) is 5.26 Å². The molecule has 1 saturated carbocycles. The zero-order valence-corrected chi connectivity index (χ0v) is 24.3. The van der Waals surface area contributed by atoms with E-state index in [9.17, 15) is 9.59 Å². The van der Waals surface area contributed by atoms with Gasteiger partial charge in [0.1, 0.15) is 12.3 Å². The van der Waals surface area contributed by atoms with E-state index < -0.39 is 6.04 Å². The average Bonchev–Trinajstić information content (AvgIpc) is 3.62. The molecule has 1 aromatic carbocycles. The number of carbonyl (C=O) groups is 2. The summed E-state index contributed by atoms with van der Waals surface area (Å²) in [5, 5.41) is 15.2. The average molecular weight is 533 g/mol. The smallest absolute Gasteiger partial charge is 0.247 e. The summed E-state index contributed by atoms with van der Waals surface area (Å²) in [7, 11) is 1.97. The van der Waals surface area contributed by atoms with Gasteiger partial charge in [0.25, 0.3) is 0 Å². The third kappa shape index (κ3) is 8.79. The molecule has 2 N–H and O–H groups in total. The molecule has 2 aromatic rings. The molecule has 1 amide bonds. The number of pyridine rings is 1. The molecule has 8 nitrogen and oxygen atoms in total. The Morgan fingerprint density at radius 1 is 1.18 bits per heavy atom. The van der Waals surface area contributed by atoms with Crippen LogP contribution < -0.4 is 15.5 Å². The molecule has 0 spiro atoms. The van der Waals surface area contributed by atoms with Crippen molar-refractivity contribution in [3.63, 3.8) is 0 Å². The van der Waals surface area contributed by atoms with E-state index in [1.165, 1.54) is 23.3 Å². The third-order valence-corrected chi connectivity index (χ3v) is 7.23. The normalized spacial score (nSPS) is 17.9. The number of amides is 1. The summed E-state index contributed by atoms with van der Waals surface area (Å²) in [6.45, 7) is 12.3. The van der Waals surface area contributed by atoms with Crippen molar-refractivity contribution in [3.8, 4) is 6.19 Å². The number of carbonyl (C=O) groups excluding carboxylic acids is 2. The molecular formula is C31H44N6O2. The van der Waals surface area contributed by atoms with Gasteiger partial charge >= 0.3 is 0 Å². The molecule has 1 saturated heterocycles. The van der Waals surface area contributed by atoms with Crippen LogP contribution in [0.4, 0.5) is 5.69 Å². The number of nitriles is 1. The van der Waals surface area contributed by atoms with Gasteiger partial charge in [-0.15, -0.1) is 0 Å². The molecule has 2 atom stereocenters. The molecule has 2 aliphatic rings. The van der Waals surface area contributed by atoms with Gasteiger partial charge in [-0.2, -0.15) is 5.26 Å². The van der Waals surface area contributed by atoms with E-state index in [1.54, 1.807) is 12.4 Å². The minimum Gasteiger partial charge on any atom is -0.359 e. The molecule has 2 heterocycles. The Bertz CT molecular complexity index is 1120. The minimum atomic E-state index is -0.459. The summed E-state index contributed by atoms with van der Waals surface area (Å²) in [6.07, 6.45) is 10.6. The standard InChI is InChI=1S/C25H36N4O.C6H8N2O/c1-24(2,3)19-9-13-21(14-10-19)29(6)22(18-8-7-15-26-16-18)23(30)28-25(4,5)17-27-20-11-12-20;7-5-8-3-1-2-6(8)4-9/h7-10,13-16,20,22,27H,11-12,17H2,1-6H3,(H,28,30);4,6H,1-3H2. The first kappa shape index (κ1) is 30.1. The molecule has 4 rings (SSSR count). The van der Waals surface area contributed by atoms with Gasteiger partial charge in [-0.3, -0.25) is 9.78 Å². The van der Waals surface area contributed by atoms with Crippen LogP contribution >= 0.6 is 0 Å². The Hall–Kier alpha value is -3.44. The van der Waals surface area contributed by atoms with Crippen LogP contribution in [0.5, 0.6) is 0 Å². The number of rotatable bonds is 9. The van der Waals surface area contributed by atoms with Crippen LogP contribution in [0.15, 0.2) is 48.8 Å². The topological polar surface area (TPSA) is 101 Å². The number of likely N-dealkylation sites (N-methyl/N-ethyl adjacent to an activating group) is 1. The molecule has 210 valence electrons. The van der Waals surface area contributed by atoms with Crippen molar-refractivity contribution in [3.05, 3.63) is 59.9 Å². The quantitative estimate of drug-likeness (QED) is 0.366. The van der Waals surface area contributed by atoms with Gasteiger partial charge in [0.05, 0.1) is 6.04 Å². The molecule has 8 heteroatoms. The second kappa shape index (κ2) is 13.1. The molecule has 1 aliphatic heterocycles. The van der Waals surface area contributed by atoms with E-state index in [0.29, 0.717) is 6.04 Å². The Balaban J connectivity index is 0.000000395. The zero-order valence-electron chi connectivity index (χ0n) is 24.3. The van der Waals surface area contributed by atoms with Crippen molar-refractivity contribution in [1.82, 2.24) is 20.5 Å². The van der Waals surface area contributed by atoms with Crippen molar-refractivity contribution < 1.29 is 9.59 Å². The van der Waals surface area contributed by atoms with Gasteiger partial charge in [-0.1, -0.05) is 39.0 Å². The van der Waals surface area contributed by atoms with E-state index in [4.69, 9.17) is 5.26 Å². The number of nitrogens with one attached hydrogen (secondary N) is 2. The Morgan fingerprint density at radius 3 is 2.38 bits per heavy atom. The molecular weight excluding hydrogens is 488 g/mol. The molecule has 1 aromatic heterocycles. The van der Waals surface area contributed by atoms with Crippen LogP contribution in [-0.4, -0.2) is 59.8 Å². The molecule has 0 bridgehead atoms. The Labute approximate surface area is 233 Å². The summed E-state index contributed by atoms with van der Waals surface area (Å²) in [5.74, 6) is -0.0204. The van der Waals surface area contributed by atoms with Crippen molar-refractivity contribution >= 4 is 17.9 Å². The lowest BCUT2D eigenvalue weighted by atomic mass is 9.87. The van der Waals surface area contributed by atoms with Crippen LogP contribution in [0, 0.1) is 11.5 Å². The van der Waals surface area contributed by atoms with E-state index in [1.807, 2.05) is 30.3 Å². The molecule has 2 unspecified atom stereocenters. The molecule has 39 heavy (non-hydrogen) atoms. The maximum Gasteiger partial charge on any atom is 0.247 e. The first-order valence-corrected chi connectivity index (χ1v) is 13.9. The summed E-state index contributed by atoms with van der Waals surface area (Å²) >= 11 is 0. The number of nitrogens with zero attached hydrogens (tertiary/aromatic N) is 4. The van der Waals surface area contributed by atoms with E-state index in [-0.39, 0.29) is 22.9 Å². The number of aromatic nitrogens is 1. The van der Waals surface area contributed by atoms with E-state index in [0.717, 1.165) is 43.5 Å². The molecule has 2 fully saturated rings. The second-order valence-corrected chi connectivity index (χ2v) is 12.3. The first-order valence-electron chi connectivity index (χ1n) is 13.9. The van der Waals surface area contributed by atoms with Crippen LogP contribution in [-0.2, 0) is 15.0 Å². The number of anilines is 1. The van der Waals surface area contributed by atoms with E-state index in [2.05, 4.69) is 74.5 Å². The van der Waals surface area contributed by atoms with Crippen molar-refractivity contribution in [2.45, 2.75) is 89.4 Å². The lowest BCUT2D eigenvalue weighted by molar-refractivity contribution is -0.124. The number of likely N-dealkylation sites (tertiary alicyclic amines) is 1. The van der Waals surface area contributed by atoms with E-state index >= 15 is 0 Å². The summed E-state index contributed by atoms with van der Waals surface area (Å²) in [6, 6.07) is 12.3. The molecule has 0 radical (unpaired) electrons. The van der Waals surface area contributed by atoms with Gasteiger partial charge in [0.15, 0.2) is 6.19 Å². The molecule has 1 aliphatic carbocycles. The fraction of sp³-hybridized carbons (Fsp3) is 0.548. The highest BCUT2D eigenvalue weighted by atomic mass is 16.2. The maximum atomic E-state index is 13.5. The lowest BCUT2D eigenvalue weighted by Gasteiger charge is -2.34. The highest BCUT2D eigenvalue weighted by Gasteiger charge is 2.32. The van der Waals surface area contributed by atoms with Crippen LogP contribution in [0.1, 0.15) is 77.5 Å². The van der Waals surface area contributed by atoms with Gasteiger partial charge in [0.2, 0.25) is 5.91 Å². The van der Waals surface area contributed by atoms with Crippen LogP contribution in [0.2, 0.25) is 0 Å². The Morgan fingerprint density at radius 2 is 1.87 bits per heavy atom. The fourth-order valence-corrected chi connectivity index (χ4v) is 4.63. The highest BCUT2D eigenvalue weighted by molar-refractivity contribution is 5.87. The van der Waals surface area contributed by atoms with Gasteiger partial charge in [0, 0.05) is 55.4 Å². The fourth-order valence-electron chi connectivity index (χ4n) is 4.63. The number of hydrogen-bond acceptors (Lipinski definition) is 7. The number of aldehydes is 1. The number of benzene rings is 1. The summed E-state index contributed by atoms with van der Waals surface area (Å²) in [5.41, 5.74) is 2.91. The van der Waals surface area contributed by atoms with Crippen molar-refractivity contribution in [2.24, 2.45) is 0 Å². The predicted octanol–water partition coefficient (Wildman–Crippen LogP) is 4.33. The van der Waals surface area contributed by atoms with Gasteiger partial charge < -0.3 is 25.2 Å². The monoisotopic (exact) mass is 532 g/mol. The summed E-state index contributed by atoms with van der Waals surface area (Å²) in [4.78, 5) is 31.4. The first-order chi connectivity index (χ1) is 18.4. The zero-order chi connectivity index (χ0) is 28.6. The number of hydrogen-bond donors (Lipinski definition) is 2. The lowest BCUT2D eigenvalue weighted by Crippen LogP contribution is -2.53. The minimum absolute atomic E-state index is 0.0204. The predicted molar refractivity (Wildman–Crippen MR) is 155 cm³/mol. The van der Waals surface area contributed by atoms with Gasteiger partial charge in [-0.25, -0.2) is 0 Å². The SMILES string of the molecule is CN(c1ccc(C(C)(C)C)cc1)C(C(=O)NC(C)(C)CNC1CC1)c1cccnc1.N#CN1CCCC1C=O. The Kier molecular flexibility index (Phi) is 10.1. The third-order valence-electron chi connectivity index (χ3n) is 7.23. The van der Waals surface area contributed by atoms with Crippen LogP contribution in [0.3, 0.4) is 0 Å². The van der Waals surface area contributed by atoms with Gasteiger partial charge in [-0.05, 0) is 68.7 Å². The summed E-state index contributed by atoms with van der Waals surface area (Å²) < 4.78 is 0. The highest BCUT2D eigenvalue weighted by Crippen LogP contribution is 2.29. The van der Waals surface area contributed by atoms with Crippen molar-refractivity contribution in [2.75, 3.05) is 25.0 Å². The van der Waals surface area contributed by atoms with Crippen LogP contribution in [0.25, 0.3) is 0 Å². The second-order valence-electron chi connectivity index (χ2n) is 12.3. The maximum absolute atomic E-state index is 13.5.